The van der Waals surface area contributed by atoms with Crippen LogP contribution in [-0.4, -0.2) is 45.5 Å². The largest absolute Gasteiger partial charge is 0.497 e. The first-order valence-corrected chi connectivity index (χ1v) is 16.6. The predicted octanol–water partition coefficient (Wildman–Crippen LogP) is 5.92. The van der Waals surface area contributed by atoms with Gasteiger partial charge in [-0.2, -0.15) is 0 Å². The van der Waals surface area contributed by atoms with Crippen molar-refractivity contribution < 1.29 is 22.8 Å². The SMILES string of the molecule is COc1ccc(Cn2cc(Cc3ccc([N+](=O)[O-])cc3)n3cc(-c4cn(S(=O)(=O)c5ccccc5)c5ncccc45)cc3c2=O)c(OC)c1. The lowest BCUT2D eigenvalue weighted by molar-refractivity contribution is -0.384. The summed E-state index contributed by atoms with van der Waals surface area (Å²) in [7, 11) is -0.880. The van der Waals surface area contributed by atoms with Crippen LogP contribution < -0.4 is 15.0 Å². The number of rotatable bonds is 10. The number of fused-ring (bicyclic) bond motifs is 2. The first kappa shape index (κ1) is 31.4. The molecule has 12 nitrogen and oxygen atoms in total. The van der Waals surface area contributed by atoms with Gasteiger partial charge in [0.25, 0.3) is 21.3 Å². The van der Waals surface area contributed by atoms with Crippen LogP contribution in [0.5, 0.6) is 11.5 Å². The minimum atomic E-state index is -3.99. The summed E-state index contributed by atoms with van der Waals surface area (Å²) in [5.74, 6) is 1.17. The van der Waals surface area contributed by atoms with Crippen molar-refractivity contribution in [2.45, 2.75) is 17.9 Å². The van der Waals surface area contributed by atoms with Gasteiger partial charge in [0.15, 0.2) is 5.65 Å². The molecule has 4 heterocycles. The molecule has 0 unspecified atom stereocenters. The Balaban J connectivity index is 1.40. The highest BCUT2D eigenvalue weighted by Crippen LogP contribution is 2.34. The Labute approximate surface area is 280 Å². The Morgan fingerprint density at radius 1 is 0.878 bits per heavy atom. The standard InChI is InChI=1S/C36H29N5O7S/c1-47-29-15-12-25(34(19-29)48-2)20-38-22-28(17-24-10-13-27(14-11-24)41(43)44)39-21-26(18-33(39)36(38)42)32-23-40(35-31(32)9-6-16-37-35)49(45,46)30-7-4-3-5-8-30/h3-16,18-19,21-23H,17,20H2,1-2H3. The van der Waals surface area contributed by atoms with Crippen LogP contribution in [0.15, 0.2) is 125 Å². The fourth-order valence-electron chi connectivity index (χ4n) is 5.97. The Morgan fingerprint density at radius 2 is 1.65 bits per heavy atom. The number of hydrogen-bond donors (Lipinski definition) is 0. The summed E-state index contributed by atoms with van der Waals surface area (Å²) in [5, 5.41) is 11.9. The van der Waals surface area contributed by atoms with Gasteiger partial charge in [-0.15, -0.1) is 0 Å². The molecule has 0 aliphatic rings. The highest BCUT2D eigenvalue weighted by Gasteiger charge is 2.24. The monoisotopic (exact) mass is 675 g/mol. The van der Waals surface area contributed by atoms with Crippen molar-refractivity contribution >= 4 is 32.3 Å². The van der Waals surface area contributed by atoms with Gasteiger partial charge in [0.1, 0.15) is 17.0 Å². The van der Waals surface area contributed by atoms with Crippen molar-refractivity contribution in [3.8, 4) is 22.6 Å². The zero-order valence-electron chi connectivity index (χ0n) is 26.4. The second kappa shape index (κ2) is 12.4. The van der Waals surface area contributed by atoms with Gasteiger partial charge in [0, 0.05) is 77.2 Å². The second-order valence-corrected chi connectivity index (χ2v) is 13.2. The summed E-state index contributed by atoms with van der Waals surface area (Å²) in [4.78, 5) is 29.5. The van der Waals surface area contributed by atoms with Crippen molar-refractivity contribution in [1.82, 2.24) is 17.9 Å². The molecule has 13 heteroatoms. The molecule has 0 aliphatic heterocycles. The molecule has 0 bridgehead atoms. The number of pyridine rings is 1. The topological polar surface area (TPSA) is 140 Å². The number of nitrogens with zero attached hydrogens (tertiary/aromatic N) is 5. The third-order valence-corrected chi connectivity index (χ3v) is 10.1. The summed E-state index contributed by atoms with van der Waals surface area (Å²) in [6.45, 7) is 0.189. The van der Waals surface area contributed by atoms with E-state index in [-0.39, 0.29) is 28.3 Å². The minimum Gasteiger partial charge on any atom is -0.497 e. The molecular weight excluding hydrogens is 646 g/mol. The molecule has 0 aliphatic carbocycles. The molecule has 0 saturated carbocycles. The molecule has 0 radical (unpaired) electrons. The summed E-state index contributed by atoms with van der Waals surface area (Å²) >= 11 is 0. The van der Waals surface area contributed by atoms with E-state index in [9.17, 15) is 23.3 Å². The smallest absolute Gasteiger partial charge is 0.275 e. The molecule has 0 saturated heterocycles. The fourth-order valence-corrected chi connectivity index (χ4v) is 7.31. The van der Waals surface area contributed by atoms with E-state index in [0.717, 1.165) is 16.8 Å². The molecule has 7 rings (SSSR count). The second-order valence-electron chi connectivity index (χ2n) is 11.3. The van der Waals surface area contributed by atoms with Crippen LogP contribution >= 0.6 is 0 Å². The Bertz CT molecular complexity index is 2540. The molecule has 7 aromatic rings. The van der Waals surface area contributed by atoms with E-state index in [1.165, 1.54) is 40.6 Å². The van der Waals surface area contributed by atoms with Gasteiger partial charge in [-0.1, -0.05) is 30.3 Å². The van der Waals surface area contributed by atoms with Crippen LogP contribution in [-0.2, 0) is 23.0 Å². The zero-order chi connectivity index (χ0) is 34.3. The number of nitro benzene ring substituents is 1. The number of benzene rings is 3. The maximum atomic E-state index is 14.1. The molecule has 0 amide bonds. The van der Waals surface area contributed by atoms with Gasteiger partial charge in [-0.25, -0.2) is 17.4 Å². The summed E-state index contributed by atoms with van der Waals surface area (Å²) in [5.41, 5.74) is 3.77. The number of aromatic nitrogens is 4. The number of hydrogen-bond acceptors (Lipinski definition) is 8. The molecule has 49 heavy (non-hydrogen) atoms. The lowest BCUT2D eigenvalue weighted by Gasteiger charge is -2.15. The average Bonchev–Trinajstić information content (AvgIpc) is 3.74. The van der Waals surface area contributed by atoms with Crippen LogP contribution in [0.25, 0.3) is 27.7 Å². The highest BCUT2D eigenvalue weighted by atomic mass is 32.2. The molecule has 3 aromatic carbocycles. The van der Waals surface area contributed by atoms with Crippen LogP contribution in [0.4, 0.5) is 5.69 Å². The van der Waals surface area contributed by atoms with E-state index in [1.807, 2.05) is 6.07 Å². The Hall–Kier alpha value is -6.21. The number of ether oxygens (including phenoxy) is 2. The Morgan fingerprint density at radius 3 is 2.37 bits per heavy atom. The summed E-state index contributed by atoms with van der Waals surface area (Å²) in [6.07, 6.45) is 6.97. The molecule has 0 N–H and O–H groups in total. The van der Waals surface area contributed by atoms with Crippen molar-refractivity contribution in [3.63, 3.8) is 0 Å². The maximum absolute atomic E-state index is 14.1. The van der Waals surface area contributed by atoms with Gasteiger partial charge >= 0.3 is 0 Å². The summed E-state index contributed by atoms with van der Waals surface area (Å²) in [6, 6.07) is 25.0. The third-order valence-electron chi connectivity index (χ3n) is 8.42. The van der Waals surface area contributed by atoms with E-state index in [1.54, 1.807) is 96.2 Å². The van der Waals surface area contributed by atoms with E-state index in [2.05, 4.69) is 4.98 Å². The van der Waals surface area contributed by atoms with Gasteiger partial charge in [-0.05, 0) is 48.0 Å². The van der Waals surface area contributed by atoms with Gasteiger partial charge in [0.2, 0.25) is 0 Å². The van der Waals surface area contributed by atoms with E-state index in [0.29, 0.717) is 39.9 Å². The van der Waals surface area contributed by atoms with Crippen molar-refractivity contribution in [3.05, 3.63) is 153 Å². The van der Waals surface area contributed by atoms with Crippen molar-refractivity contribution in [2.24, 2.45) is 0 Å². The van der Waals surface area contributed by atoms with Crippen molar-refractivity contribution in [2.75, 3.05) is 14.2 Å². The van der Waals surface area contributed by atoms with E-state index in [4.69, 9.17) is 9.47 Å². The lowest BCUT2D eigenvalue weighted by Crippen LogP contribution is -2.24. The third kappa shape index (κ3) is 5.69. The maximum Gasteiger partial charge on any atom is 0.275 e. The van der Waals surface area contributed by atoms with Crippen molar-refractivity contribution in [1.29, 1.82) is 0 Å². The van der Waals surface area contributed by atoms with Gasteiger partial charge in [-0.3, -0.25) is 14.9 Å². The number of non-ortho nitro benzene ring substituents is 1. The van der Waals surface area contributed by atoms with Crippen LogP contribution in [0.1, 0.15) is 16.8 Å². The fraction of sp³-hybridized carbons (Fsp3) is 0.111. The first-order valence-electron chi connectivity index (χ1n) is 15.1. The Kier molecular flexibility index (Phi) is 7.96. The quantitative estimate of drug-likeness (QED) is 0.129. The molecule has 4 aromatic heterocycles. The van der Waals surface area contributed by atoms with Gasteiger partial charge in [0.05, 0.1) is 30.6 Å². The van der Waals surface area contributed by atoms with Crippen LogP contribution in [0.3, 0.4) is 0 Å². The minimum absolute atomic E-state index is 0.0239. The predicted molar refractivity (Wildman–Crippen MR) is 184 cm³/mol. The number of methoxy groups -OCH3 is 2. The lowest BCUT2D eigenvalue weighted by atomic mass is 10.1. The zero-order valence-corrected chi connectivity index (χ0v) is 27.2. The normalized spacial score (nSPS) is 11.6. The van der Waals surface area contributed by atoms with Crippen LogP contribution in [0.2, 0.25) is 0 Å². The van der Waals surface area contributed by atoms with Crippen LogP contribution in [0, 0.1) is 10.1 Å². The number of nitro groups is 1. The molecule has 0 spiro atoms. The average molecular weight is 676 g/mol. The summed E-state index contributed by atoms with van der Waals surface area (Å²) < 4.78 is 43.0. The van der Waals surface area contributed by atoms with E-state index >= 15 is 0 Å². The molecule has 0 fully saturated rings. The molecule has 0 atom stereocenters. The van der Waals surface area contributed by atoms with Gasteiger partial charge < -0.3 is 18.4 Å². The molecule has 246 valence electrons. The van der Waals surface area contributed by atoms with E-state index < -0.39 is 14.9 Å². The highest BCUT2D eigenvalue weighted by molar-refractivity contribution is 7.90. The molecular formula is C36H29N5O7S. The first-order chi connectivity index (χ1) is 23.7.